The number of carboxylic acids is 1. The van der Waals surface area contributed by atoms with E-state index >= 15 is 0 Å². The molecule has 0 aromatic heterocycles. The Bertz CT molecular complexity index is 1420. The van der Waals surface area contributed by atoms with E-state index in [9.17, 15) is 19.2 Å². The molecular formula is C38H53ClN4O8. The van der Waals surface area contributed by atoms with Crippen LogP contribution in [0.25, 0.3) is 0 Å². The molecule has 0 aliphatic rings. The predicted octanol–water partition coefficient (Wildman–Crippen LogP) is 4.89. The Balaban J connectivity index is 0.000000843. The van der Waals surface area contributed by atoms with Gasteiger partial charge in [0.25, 0.3) is 0 Å². The maximum Gasteiger partial charge on any atom is 0.407 e. The Hall–Kier alpha value is -4.49. The van der Waals surface area contributed by atoms with Crippen molar-refractivity contribution in [1.82, 2.24) is 5.32 Å². The summed E-state index contributed by atoms with van der Waals surface area (Å²) < 4.78 is 16.1. The largest absolute Gasteiger partial charge is 0.480 e. The Kier molecular flexibility index (Phi) is 22.2. The smallest absolute Gasteiger partial charge is 0.407 e. The molecule has 0 aliphatic heterocycles. The minimum Gasteiger partial charge on any atom is -0.480 e. The van der Waals surface area contributed by atoms with Gasteiger partial charge in [-0.1, -0.05) is 105 Å². The zero-order chi connectivity index (χ0) is 36.7. The van der Waals surface area contributed by atoms with Gasteiger partial charge < -0.3 is 41.8 Å². The molecule has 12 nitrogen and oxygen atoms in total. The number of ether oxygens (including phenoxy) is 3. The lowest BCUT2D eigenvalue weighted by molar-refractivity contribution is -0.158. The van der Waals surface area contributed by atoms with Crippen LogP contribution in [-0.2, 0) is 48.2 Å². The predicted molar refractivity (Wildman–Crippen MR) is 198 cm³/mol. The number of hydrogen-bond donors (Lipinski definition) is 5. The van der Waals surface area contributed by atoms with E-state index in [4.69, 9.17) is 36.5 Å². The van der Waals surface area contributed by atoms with E-state index in [1.165, 1.54) is 0 Å². The van der Waals surface area contributed by atoms with Crippen LogP contribution in [0.3, 0.4) is 0 Å². The molecule has 13 heteroatoms. The minimum atomic E-state index is -0.959. The number of halogens is 1. The number of amides is 1. The fourth-order valence-electron chi connectivity index (χ4n) is 4.70. The van der Waals surface area contributed by atoms with Gasteiger partial charge in [-0.15, -0.1) is 12.4 Å². The number of nitrogens with one attached hydrogen (secondary N) is 1. The van der Waals surface area contributed by atoms with Crippen LogP contribution in [0.5, 0.6) is 0 Å². The van der Waals surface area contributed by atoms with Crippen molar-refractivity contribution in [3.05, 3.63) is 108 Å². The van der Waals surface area contributed by atoms with Crippen LogP contribution in [0.1, 0.15) is 62.6 Å². The zero-order valence-corrected chi connectivity index (χ0v) is 30.2. The third-order valence-electron chi connectivity index (χ3n) is 7.44. The van der Waals surface area contributed by atoms with E-state index in [2.05, 4.69) is 5.32 Å². The van der Waals surface area contributed by atoms with Gasteiger partial charge in [0.05, 0.1) is 6.42 Å². The molecule has 0 aliphatic carbocycles. The lowest BCUT2D eigenvalue weighted by Crippen LogP contribution is -2.44. The number of hydrogen-bond acceptors (Lipinski definition) is 10. The molecule has 3 rings (SSSR count). The minimum absolute atomic E-state index is 0. The number of rotatable bonds is 19. The second-order valence-corrected chi connectivity index (χ2v) is 12.3. The van der Waals surface area contributed by atoms with Crippen LogP contribution in [0.2, 0.25) is 0 Å². The Morgan fingerprint density at radius 1 is 0.725 bits per heavy atom. The van der Waals surface area contributed by atoms with Crippen LogP contribution in [0, 0.1) is 5.92 Å². The molecule has 3 aromatic rings. The quantitative estimate of drug-likeness (QED) is 0.0638. The summed E-state index contributed by atoms with van der Waals surface area (Å²) >= 11 is 0. The van der Waals surface area contributed by atoms with Crippen LogP contribution < -0.4 is 22.5 Å². The van der Waals surface area contributed by atoms with E-state index in [-0.39, 0.29) is 38.0 Å². The number of alkyl carbamates (subject to hydrolysis) is 1. The Morgan fingerprint density at radius 3 is 1.75 bits per heavy atom. The summed E-state index contributed by atoms with van der Waals surface area (Å²) in [4.78, 5) is 47.3. The van der Waals surface area contributed by atoms with Crippen LogP contribution >= 0.6 is 12.4 Å². The Morgan fingerprint density at radius 2 is 1.24 bits per heavy atom. The second-order valence-electron chi connectivity index (χ2n) is 12.3. The second kappa shape index (κ2) is 25.5. The van der Waals surface area contributed by atoms with Gasteiger partial charge in [0.15, 0.2) is 0 Å². The average Bonchev–Trinajstić information content (AvgIpc) is 3.10. The normalized spacial score (nSPS) is 12.8. The van der Waals surface area contributed by atoms with Gasteiger partial charge in [-0.25, -0.2) is 4.79 Å². The van der Waals surface area contributed by atoms with Crippen molar-refractivity contribution in [2.75, 3.05) is 6.54 Å². The van der Waals surface area contributed by atoms with Crippen LogP contribution in [0.4, 0.5) is 4.79 Å². The molecule has 0 spiro atoms. The van der Waals surface area contributed by atoms with Gasteiger partial charge in [-0.05, 0) is 54.7 Å². The van der Waals surface area contributed by atoms with Crippen molar-refractivity contribution < 1.29 is 38.5 Å². The topological polar surface area (TPSA) is 206 Å². The maximum absolute atomic E-state index is 12.7. The first-order valence-electron chi connectivity index (χ1n) is 16.8. The highest BCUT2D eigenvalue weighted by molar-refractivity contribution is 5.85. The zero-order valence-electron chi connectivity index (χ0n) is 29.4. The van der Waals surface area contributed by atoms with E-state index in [1.807, 2.05) is 105 Å². The summed E-state index contributed by atoms with van der Waals surface area (Å²) in [5, 5.41) is 11.2. The summed E-state index contributed by atoms with van der Waals surface area (Å²) in [7, 11) is 0. The van der Waals surface area contributed by atoms with Crippen molar-refractivity contribution >= 4 is 36.4 Å². The van der Waals surface area contributed by atoms with Gasteiger partial charge in [0.1, 0.15) is 31.4 Å². The molecule has 0 radical (unpaired) electrons. The lowest BCUT2D eigenvalue weighted by Gasteiger charge is -2.26. The van der Waals surface area contributed by atoms with Gasteiger partial charge in [-0.2, -0.15) is 0 Å². The molecule has 4 atom stereocenters. The average molecular weight is 729 g/mol. The summed E-state index contributed by atoms with van der Waals surface area (Å²) in [5.74, 6) is -1.81. The molecule has 51 heavy (non-hydrogen) atoms. The first kappa shape index (κ1) is 44.5. The number of aliphatic carboxylic acids is 1. The number of unbranched alkanes of at least 4 members (excludes halogenated alkanes) is 1. The molecule has 8 N–H and O–H groups in total. The monoisotopic (exact) mass is 728 g/mol. The third kappa shape index (κ3) is 20.1. The van der Waals surface area contributed by atoms with Crippen LogP contribution in [0.15, 0.2) is 91.0 Å². The summed E-state index contributed by atoms with van der Waals surface area (Å²) in [6.07, 6.45) is 1.05. The van der Waals surface area contributed by atoms with Gasteiger partial charge in [-0.3, -0.25) is 14.4 Å². The third-order valence-corrected chi connectivity index (χ3v) is 7.44. The van der Waals surface area contributed by atoms with Crippen LogP contribution in [-0.4, -0.2) is 59.9 Å². The first-order valence-corrected chi connectivity index (χ1v) is 16.8. The molecule has 0 bridgehead atoms. The molecule has 0 saturated heterocycles. The highest BCUT2D eigenvalue weighted by atomic mass is 35.5. The molecule has 1 amide bonds. The lowest BCUT2D eigenvalue weighted by atomic mass is 9.98. The number of esters is 2. The molecule has 3 aromatic carbocycles. The van der Waals surface area contributed by atoms with Crippen molar-refractivity contribution in [2.24, 2.45) is 23.1 Å². The highest BCUT2D eigenvalue weighted by Crippen LogP contribution is 2.15. The number of carbonyl (C=O) groups is 4. The van der Waals surface area contributed by atoms with E-state index in [0.29, 0.717) is 38.6 Å². The molecule has 280 valence electrons. The summed E-state index contributed by atoms with van der Waals surface area (Å²) in [6, 6.07) is 25.9. The molecule has 0 fully saturated rings. The number of carboxylic acid groups (broad SMARTS) is 1. The van der Waals surface area contributed by atoms with Crippen molar-refractivity contribution in [3.8, 4) is 0 Å². The number of benzene rings is 3. The van der Waals surface area contributed by atoms with Gasteiger partial charge in [0, 0.05) is 12.6 Å². The summed E-state index contributed by atoms with van der Waals surface area (Å²) in [5.41, 5.74) is 20.4. The molecule has 0 saturated carbocycles. The van der Waals surface area contributed by atoms with E-state index in [0.717, 1.165) is 16.7 Å². The van der Waals surface area contributed by atoms with E-state index in [1.54, 1.807) is 0 Å². The Labute approximate surface area is 306 Å². The SMILES string of the molecule is CC(C)C[C@H](N)[C@H](CC(=O)OCc1ccccc1)OC(=O)[C@@H](N)CCCCNC(=O)OCc1ccccc1.Cl.N[C@@H](Cc1ccccc1)C(=O)O. The number of nitrogens with two attached hydrogens (primary N) is 3. The van der Waals surface area contributed by atoms with Crippen molar-refractivity contribution in [1.29, 1.82) is 0 Å². The number of carbonyl (C=O) groups excluding carboxylic acids is 3. The molecule has 0 unspecified atom stereocenters. The van der Waals surface area contributed by atoms with E-state index < -0.39 is 48.2 Å². The molecular weight excluding hydrogens is 676 g/mol. The maximum atomic E-state index is 12.7. The first-order chi connectivity index (χ1) is 23.9. The van der Waals surface area contributed by atoms with Gasteiger partial charge >= 0.3 is 24.0 Å². The fraction of sp³-hybridized carbons (Fsp3) is 0.421. The molecule has 0 heterocycles. The van der Waals surface area contributed by atoms with Crippen molar-refractivity contribution in [3.63, 3.8) is 0 Å². The van der Waals surface area contributed by atoms with Gasteiger partial charge in [0.2, 0.25) is 0 Å². The van der Waals surface area contributed by atoms with Crippen molar-refractivity contribution in [2.45, 2.75) is 89.8 Å². The standard InChI is InChI=1S/C29H41N3O6.C9H11NO2.ClH/c1-21(2)17-25(31)26(18-27(33)36-19-22-11-5-3-6-12-22)38-28(34)24(30)15-9-10-16-32-29(35)37-20-23-13-7-4-8-14-23;10-8(9(11)12)6-7-4-2-1-3-5-7;/h3-8,11-14,21,24-26H,9-10,15-20,30-31H2,1-2H3,(H,32,35);1-5,8H,6,10H2,(H,11,12);1H/t24-,25-,26-;8-;/m00./s1. The fourth-order valence-corrected chi connectivity index (χ4v) is 4.70. The summed E-state index contributed by atoms with van der Waals surface area (Å²) in [6.45, 7) is 4.73. The highest BCUT2D eigenvalue weighted by Gasteiger charge is 2.28.